The number of benzene rings is 1. The Kier molecular flexibility index (Phi) is 2.27. The van der Waals surface area contributed by atoms with Crippen molar-refractivity contribution in [3.63, 3.8) is 0 Å². The molecule has 0 aliphatic heterocycles. The molecule has 2 heterocycles. The van der Waals surface area contributed by atoms with E-state index >= 15 is 0 Å². The van der Waals surface area contributed by atoms with Gasteiger partial charge in [-0.25, -0.2) is 4.98 Å². The first-order valence-electron chi connectivity index (χ1n) is 6.47. The van der Waals surface area contributed by atoms with E-state index in [1.807, 2.05) is 23.5 Å². The number of aryl methyl sites for hydroxylation is 2. The number of para-hydroxylation sites is 2. The second kappa shape index (κ2) is 3.95. The summed E-state index contributed by atoms with van der Waals surface area (Å²) >= 11 is 1.91. The van der Waals surface area contributed by atoms with Crippen molar-refractivity contribution in [2.75, 3.05) is 0 Å². The fraction of sp³-hybridized carbons (Fsp3) is 0.267. The van der Waals surface area contributed by atoms with E-state index < -0.39 is 0 Å². The minimum atomic E-state index is 1.02. The van der Waals surface area contributed by atoms with Crippen LogP contribution in [0.3, 0.4) is 0 Å². The number of nitrogens with zero attached hydrogens (tertiary/aromatic N) is 1. The van der Waals surface area contributed by atoms with Crippen LogP contribution >= 0.6 is 11.3 Å². The van der Waals surface area contributed by atoms with Crippen molar-refractivity contribution >= 4 is 22.4 Å². The molecule has 0 unspecified atom stereocenters. The van der Waals surface area contributed by atoms with Crippen molar-refractivity contribution in [3.8, 4) is 10.7 Å². The first kappa shape index (κ1) is 10.3. The number of nitrogens with one attached hydrogen (secondary N) is 1. The number of aromatic nitrogens is 2. The fourth-order valence-corrected chi connectivity index (χ4v) is 3.88. The lowest BCUT2D eigenvalue weighted by Crippen LogP contribution is -1.96. The zero-order valence-electron chi connectivity index (χ0n) is 10.1. The van der Waals surface area contributed by atoms with Gasteiger partial charge in [0.15, 0.2) is 0 Å². The van der Waals surface area contributed by atoms with Crippen molar-refractivity contribution in [1.82, 2.24) is 9.97 Å². The van der Waals surface area contributed by atoms with Crippen molar-refractivity contribution in [3.05, 3.63) is 40.8 Å². The van der Waals surface area contributed by atoms with E-state index in [2.05, 4.69) is 28.2 Å². The first-order valence-corrected chi connectivity index (χ1v) is 7.28. The number of thiophene rings is 1. The summed E-state index contributed by atoms with van der Waals surface area (Å²) < 4.78 is 0. The van der Waals surface area contributed by atoms with E-state index in [0.717, 1.165) is 16.9 Å². The monoisotopic (exact) mass is 254 g/mol. The van der Waals surface area contributed by atoms with Crippen LogP contribution in [-0.2, 0) is 12.8 Å². The van der Waals surface area contributed by atoms with E-state index in [4.69, 9.17) is 0 Å². The molecule has 0 atom stereocenters. The molecule has 0 bridgehead atoms. The van der Waals surface area contributed by atoms with Gasteiger partial charge in [0.1, 0.15) is 5.82 Å². The Hall–Kier alpha value is -1.61. The summed E-state index contributed by atoms with van der Waals surface area (Å²) in [6, 6.07) is 10.6. The summed E-state index contributed by atoms with van der Waals surface area (Å²) in [5.41, 5.74) is 3.72. The average molecular weight is 254 g/mol. The van der Waals surface area contributed by atoms with Gasteiger partial charge in [0.25, 0.3) is 0 Å². The second-order valence-electron chi connectivity index (χ2n) is 4.87. The molecule has 0 radical (unpaired) electrons. The third-order valence-electron chi connectivity index (χ3n) is 3.62. The second-order valence-corrected chi connectivity index (χ2v) is 6.01. The van der Waals surface area contributed by atoms with E-state index in [9.17, 15) is 0 Å². The average Bonchev–Trinajstić information content (AvgIpc) is 3.02. The SMILES string of the molecule is c1ccc2[nH]c(-c3cc4c(s3)CCCC4)nc2c1. The number of aromatic amines is 1. The van der Waals surface area contributed by atoms with Crippen LogP contribution in [0.1, 0.15) is 23.3 Å². The minimum absolute atomic E-state index is 1.02. The van der Waals surface area contributed by atoms with Gasteiger partial charge in [0, 0.05) is 4.88 Å². The molecule has 0 spiro atoms. The lowest BCUT2D eigenvalue weighted by atomic mass is 9.99. The van der Waals surface area contributed by atoms with Crippen LogP contribution in [0.5, 0.6) is 0 Å². The summed E-state index contributed by atoms with van der Waals surface area (Å²) in [4.78, 5) is 11.0. The van der Waals surface area contributed by atoms with Crippen LogP contribution in [-0.4, -0.2) is 9.97 Å². The standard InChI is InChI=1S/C15H14N2S/c1-4-8-13-10(5-1)9-14(18-13)15-16-11-6-2-3-7-12(11)17-15/h2-3,6-7,9H,1,4-5,8H2,(H,16,17). The summed E-state index contributed by atoms with van der Waals surface area (Å²) in [5.74, 6) is 1.02. The van der Waals surface area contributed by atoms with Gasteiger partial charge >= 0.3 is 0 Å². The molecule has 4 rings (SSSR count). The maximum atomic E-state index is 4.68. The van der Waals surface area contributed by atoms with E-state index in [1.54, 1.807) is 10.4 Å². The van der Waals surface area contributed by atoms with Gasteiger partial charge in [-0.15, -0.1) is 11.3 Å². The number of rotatable bonds is 1. The Bertz CT molecular complexity index is 652. The topological polar surface area (TPSA) is 28.7 Å². The number of hydrogen-bond donors (Lipinski definition) is 1. The molecule has 1 aliphatic carbocycles. The van der Waals surface area contributed by atoms with Crippen LogP contribution < -0.4 is 0 Å². The van der Waals surface area contributed by atoms with E-state index in [-0.39, 0.29) is 0 Å². The largest absolute Gasteiger partial charge is 0.337 e. The summed E-state index contributed by atoms with van der Waals surface area (Å²) in [7, 11) is 0. The zero-order chi connectivity index (χ0) is 11.9. The van der Waals surface area contributed by atoms with Crippen molar-refractivity contribution in [2.24, 2.45) is 0 Å². The van der Waals surface area contributed by atoms with E-state index in [1.165, 1.54) is 30.6 Å². The Morgan fingerprint density at radius 3 is 2.89 bits per heavy atom. The van der Waals surface area contributed by atoms with Crippen molar-refractivity contribution in [1.29, 1.82) is 0 Å². The number of imidazole rings is 1. The zero-order valence-corrected chi connectivity index (χ0v) is 10.9. The Morgan fingerprint density at radius 1 is 1.11 bits per heavy atom. The smallest absolute Gasteiger partial charge is 0.148 e. The van der Waals surface area contributed by atoms with Crippen LogP contribution in [0.2, 0.25) is 0 Å². The molecule has 1 N–H and O–H groups in total. The van der Waals surface area contributed by atoms with Crippen LogP contribution in [0.15, 0.2) is 30.3 Å². The lowest BCUT2D eigenvalue weighted by molar-refractivity contribution is 0.697. The molecule has 2 aromatic heterocycles. The molecule has 1 aromatic carbocycles. The number of hydrogen-bond acceptors (Lipinski definition) is 2. The molecule has 0 saturated carbocycles. The van der Waals surface area contributed by atoms with Gasteiger partial charge in [0.2, 0.25) is 0 Å². The van der Waals surface area contributed by atoms with Gasteiger partial charge in [-0.3, -0.25) is 0 Å². The highest BCUT2D eigenvalue weighted by atomic mass is 32.1. The molecule has 3 heteroatoms. The molecular formula is C15H14N2S. The summed E-state index contributed by atoms with van der Waals surface area (Å²) in [6.45, 7) is 0. The summed E-state index contributed by atoms with van der Waals surface area (Å²) in [5, 5.41) is 0. The highest BCUT2D eigenvalue weighted by Gasteiger charge is 2.15. The molecule has 3 aromatic rings. The molecule has 0 amide bonds. The van der Waals surface area contributed by atoms with Gasteiger partial charge in [-0.05, 0) is 49.4 Å². The Labute approximate surface area is 110 Å². The predicted molar refractivity (Wildman–Crippen MR) is 76.0 cm³/mol. The van der Waals surface area contributed by atoms with Crippen molar-refractivity contribution < 1.29 is 0 Å². The fourth-order valence-electron chi connectivity index (χ4n) is 2.68. The van der Waals surface area contributed by atoms with Gasteiger partial charge in [-0.1, -0.05) is 12.1 Å². The van der Waals surface area contributed by atoms with Crippen LogP contribution in [0.4, 0.5) is 0 Å². The van der Waals surface area contributed by atoms with Gasteiger partial charge in [0.05, 0.1) is 15.9 Å². The minimum Gasteiger partial charge on any atom is -0.337 e. The predicted octanol–water partition coefficient (Wildman–Crippen LogP) is 4.17. The highest BCUT2D eigenvalue weighted by Crippen LogP contribution is 2.35. The van der Waals surface area contributed by atoms with Gasteiger partial charge < -0.3 is 4.98 Å². The van der Waals surface area contributed by atoms with Gasteiger partial charge in [-0.2, -0.15) is 0 Å². The van der Waals surface area contributed by atoms with Crippen LogP contribution in [0, 0.1) is 0 Å². The third-order valence-corrected chi connectivity index (χ3v) is 4.86. The van der Waals surface area contributed by atoms with E-state index in [0.29, 0.717) is 0 Å². The Balaban J connectivity index is 1.84. The Morgan fingerprint density at radius 2 is 2.00 bits per heavy atom. The molecule has 90 valence electrons. The maximum absolute atomic E-state index is 4.68. The first-order chi connectivity index (χ1) is 8.90. The summed E-state index contributed by atoms with van der Waals surface area (Å²) in [6.07, 6.45) is 5.17. The number of H-pyrrole nitrogens is 1. The molecule has 0 saturated heterocycles. The highest BCUT2D eigenvalue weighted by molar-refractivity contribution is 7.15. The molecular weight excluding hydrogens is 240 g/mol. The molecule has 18 heavy (non-hydrogen) atoms. The van der Waals surface area contributed by atoms with Crippen molar-refractivity contribution in [2.45, 2.75) is 25.7 Å². The molecule has 0 fully saturated rings. The molecule has 2 nitrogen and oxygen atoms in total. The molecule has 1 aliphatic rings. The van der Waals surface area contributed by atoms with Crippen LogP contribution in [0.25, 0.3) is 21.7 Å². The lowest BCUT2D eigenvalue weighted by Gasteiger charge is -2.08. The maximum Gasteiger partial charge on any atom is 0.148 e. The number of fused-ring (bicyclic) bond motifs is 2. The third kappa shape index (κ3) is 1.58. The normalized spacial score (nSPS) is 14.9. The quantitative estimate of drug-likeness (QED) is 0.693.